The summed E-state index contributed by atoms with van der Waals surface area (Å²) in [7, 11) is 1.66. The number of ether oxygens (including phenoxy) is 1. The predicted octanol–water partition coefficient (Wildman–Crippen LogP) is 2.68. The zero-order valence-corrected chi connectivity index (χ0v) is 11.7. The summed E-state index contributed by atoms with van der Waals surface area (Å²) in [4.78, 5) is 0. The van der Waals surface area contributed by atoms with Crippen molar-refractivity contribution < 1.29 is 9.84 Å². The van der Waals surface area contributed by atoms with Crippen LogP contribution in [0.25, 0.3) is 0 Å². The van der Waals surface area contributed by atoms with Crippen molar-refractivity contribution in [3.05, 3.63) is 29.8 Å². The highest BCUT2D eigenvalue weighted by molar-refractivity contribution is 5.31. The molecule has 0 bridgehead atoms. The van der Waals surface area contributed by atoms with E-state index in [4.69, 9.17) is 10.5 Å². The molecular weight excluding hydrogens is 238 g/mol. The Hall–Kier alpha value is -1.06. The van der Waals surface area contributed by atoms with Gasteiger partial charge in [0.15, 0.2) is 0 Å². The molecule has 1 aromatic carbocycles. The molecule has 1 aromatic rings. The van der Waals surface area contributed by atoms with Gasteiger partial charge in [-0.05, 0) is 36.5 Å². The molecule has 0 aliphatic heterocycles. The summed E-state index contributed by atoms with van der Waals surface area (Å²) in [6.45, 7) is 0.477. The van der Waals surface area contributed by atoms with Gasteiger partial charge in [-0.3, -0.25) is 0 Å². The van der Waals surface area contributed by atoms with Crippen LogP contribution in [0.15, 0.2) is 24.3 Å². The summed E-state index contributed by atoms with van der Waals surface area (Å²) in [6.07, 6.45) is 5.69. The van der Waals surface area contributed by atoms with Crippen LogP contribution in [0.1, 0.15) is 43.6 Å². The topological polar surface area (TPSA) is 55.5 Å². The fraction of sp³-hybridized carbons (Fsp3) is 0.625. The van der Waals surface area contributed by atoms with E-state index in [-0.39, 0.29) is 12.0 Å². The van der Waals surface area contributed by atoms with Crippen molar-refractivity contribution in [2.45, 2.75) is 44.1 Å². The lowest BCUT2D eigenvalue weighted by atomic mass is 9.78. The molecule has 3 heteroatoms. The number of hydrogen-bond donors (Lipinski definition) is 2. The number of rotatable bonds is 5. The van der Waals surface area contributed by atoms with Gasteiger partial charge in [-0.2, -0.15) is 0 Å². The summed E-state index contributed by atoms with van der Waals surface area (Å²) in [5.41, 5.74) is 6.99. The SMILES string of the molecule is COc1cccc(C(CN)C(O)C2CCCCC2)c1. The van der Waals surface area contributed by atoms with Crippen LogP contribution in [0.4, 0.5) is 0 Å². The largest absolute Gasteiger partial charge is 0.497 e. The number of aliphatic hydroxyl groups is 1. The lowest BCUT2D eigenvalue weighted by Crippen LogP contribution is -2.33. The second-order valence-corrected chi connectivity index (χ2v) is 5.51. The fourth-order valence-electron chi connectivity index (χ4n) is 3.15. The molecule has 2 atom stereocenters. The first-order valence-corrected chi connectivity index (χ1v) is 7.28. The van der Waals surface area contributed by atoms with Crippen LogP contribution in [0.2, 0.25) is 0 Å². The minimum Gasteiger partial charge on any atom is -0.497 e. The van der Waals surface area contributed by atoms with Crippen molar-refractivity contribution in [2.24, 2.45) is 11.7 Å². The Balaban J connectivity index is 2.13. The molecule has 0 spiro atoms. The van der Waals surface area contributed by atoms with Crippen molar-refractivity contribution in [2.75, 3.05) is 13.7 Å². The van der Waals surface area contributed by atoms with E-state index in [9.17, 15) is 5.11 Å². The zero-order chi connectivity index (χ0) is 13.7. The molecule has 2 unspecified atom stereocenters. The van der Waals surface area contributed by atoms with E-state index < -0.39 is 0 Å². The van der Waals surface area contributed by atoms with E-state index >= 15 is 0 Å². The Labute approximate surface area is 115 Å². The number of benzene rings is 1. The highest BCUT2D eigenvalue weighted by Crippen LogP contribution is 2.33. The number of aliphatic hydroxyl groups excluding tert-OH is 1. The molecule has 1 fully saturated rings. The first kappa shape index (κ1) is 14.4. The summed E-state index contributed by atoms with van der Waals surface area (Å²) in [5, 5.41) is 10.6. The van der Waals surface area contributed by atoms with E-state index in [1.54, 1.807) is 7.11 Å². The van der Waals surface area contributed by atoms with Gasteiger partial charge in [-0.25, -0.2) is 0 Å². The summed E-state index contributed by atoms with van der Waals surface area (Å²) in [6, 6.07) is 7.91. The summed E-state index contributed by atoms with van der Waals surface area (Å²) >= 11 is 0. The lowest BCUT2D eigenvalue weighted by Gasteiger charge is -2.32. The van der Waals surface area contributed by atoms with Gasteiger partial charge < -0.3 is 15.6 Å². The van der Waals surface area contributed by atoms with Crippen LogP contribution in [-0.2, 0) is 0 Å². The van der Waals surface area contributed by atoms with E-state index in [0.717, 1.165) is 24.2 Å². The zero-order valence-electron chi connectivity index (χ0n) is 11.7. The van der Waals surface area contributed by atoms with Crippen molar-refractivity contribution in [3.8, 4) is 5.75 Å². The fourth-order valence-corrected chi connectivity index (χ4v) is 3.15. The normalized spacial score (nSPS) is 19.9. The maximum absolute atomic E-state index is 10.6. The van der Waals surface area contributed by atoms with Crippen LogP contribution in [0, 0.1) is 5.92 Å². The molecular formula is C16H25NO2. The quantitative estimate of drug-likeness (QED) is 0.858. The van der Waals surface area contributed by atoms with E-state index in [1.807, 2.05) is 24.3 Å². The Bertz CT molecular complexity index is 388. The van der Waals surface area contributed by atoms with Crippen LogP contribution in [0.3, 0.4) is 0 Å². The molecule has 0 aromatic heterocycles. The molecule has 0 radical (unpaired) electrons. The Morgan fingerprint density at radius 3 is 2.68 bits per heavy atom. The number of methoxy groups -OCH3 is 1. The third-order valence-electron chi connectivity index (χ3n) is 4.32. The van der Waals surface area contributed by atoms with Crippen LogP contribution in [-0.4, -0.2) is 24.9 Å². The standard InChI is InChI=1S/C16H25NO2/c1-19-14-9-5-8-13(10-14)15(11-17)16(18)12-6-3-2-4-7-12/h5,8-10,12,15-16,18H,2-4,6-7,11,17H2,1H3. The van der Waals surface area contributed by atoms with E-state index in [2.05, 4.69) is 0 Å². The third kappa shape index (κ3) is 3.48. The monoisotopic (exact) mass is 263 g/mol. The Morgan fingerprint density at radius 2 is 2.05 bits per heavy atom. The van der Waals surface area contributed by atoms with Gasteiger partial charge in [0.05, 0.1) is 13.2 Å². The molecule has 19 heavy (non-hydrogen) atoms. The minimum atomic E-state index is -0.336. The average Bonchev–Trinajstić information content (AvgIpc) is 2.49. The molecule has 3 nitrogen and oxygen atoms in total. The highest BCUT2D eigenvalue weighted by Gasteiger charge is 2.29. The Morgan fingerprint density at radius 1 is 1.32 bits per heavy atom. The van der Waals surface area contributed by atoms with Crippen molar-refractivity contribution in [3.63, 3.8) is 0 Å². The number of nitrogens with two attached hydrogens (primary N) is 1. The first-order valence-electron chi connectivity index (χ1n) is 7.28. The van der Waals surface area contributed by atoms with Crippen LogP contribution in [0.5, 0.6) is 5.75 Å². The molecule has 0 saturated heterocycles. The lowest BCUT2D eigenvalue weighted by molar-refractivity contribution is 0.0624. The van der Waals surface area contributed by atoms with Gasteiger partial charge in [0.25, 0.3) is 0 Å². The van der Waals surface area contributed by atoms with Gasteiger partial charge in [0.1, 0.15) is 5.75 Å². The molecule has 1 aliphatic rings. The van der Waals surface area contributed by atoms with Crippen LogP contribution < -0.4 is 10.5 Å². The predicted molar refractivity (Wildman–Crippen MR) is 77.4 cm³/mol. The maximum atomic E-state index is 10.6. The second-order valence-electron chi connectivity index (χ2n) is 5.51. The summed E-state index contributed by atoms with van der Waals surface area (Å²) in [5.74, 6) is 1.23. The summed E-state index contributed by atoms with van der Waals surface area (Å²) < 4.78 is 5.25. The first-order chi connectivity index (χ1) is 9.26. The highest BCUT2D eigenvalue weighted by atomic mass is 16.5. The second kappa shape index (κ2) is 6.92. The van der Waals surface area contributed by atoms with Gasteiger partial charge in [-0.1, -0.05) is 31.4 Å². The van der Waals surface area contributed by atoms with Gasteiger partial charge in [0, 0.05) is 12.5 Å². The van der Waals surface area contributed by atoms with Gasteiger partial charge in [-0.15, -0.1) is 0 Å². The molecule has 2 rings (SSSR count). The molecule has 0 amide bonds. The van der Waals surface area contributed by atoms with Crippen molar-refractivity contribution in [1.29, 1.82) is 0 Å². The maximum Gasteiger partial charge on any atom is 0.119 e. The van der Waals surface area contributed by atoms with Crippen molar-refractivity contribution in [1.82, 2.24) is 0 Å². The molecule has 0 heterocycles. The minimum absolute atomic E-state index is 0.0122. The van der Waals surface area contributed by atoms with E-state index in [0.29, 0.717) is 12.5 Å². The average molecular weight is 263 g/mol. The van der Waals surface area contributed by atoms with Gasteiger partial charge >= 0.3 is 0 Å². The van der Waals surface area contributed by atoms with E-state index in [1.165, 1.54) is 19.3 Å². The Kier molecular flexibility index (Phi) is 5.23. The third-order valence-corrected chi connectivity index (χ3v) is 4.32. The van der Waals surface area contributed by atoms with Gasteiger partial charge in [0.2, 0.25) is 0 Å². The molecule has 1 saturated carbocycles. The number of hydrogen-bond acceptors (Lipinski definition) is 3. The molecule has 1 aliphatic carbocycles. The van der Waals surface area contributed by atoms with Crippen molar-refractivity contribution >= 4 is 0 Å². The smallest absolute Gasteiger partial charge is 0.119 e. The molecule has 106 valence electrons. The van der Waals surface area contributed by atoms with Crippen LogP contribution >= 0.6 is 0 Å². The molecule has 3 N–H and O–H groups in total.